The zero-order valence-electron chi connectivity index (χ0n) is 10.3. The van der Waals surface area contributed by atoms with Crippen LogP contribution in [0.15, 0.2) is 0 Å². The first-order chi connectivity index (χ1) is 7.24. The van der Waals surface area contributed by atoms with E-state index in [1.165, 1.54) is 0 Å². The predicted octanol–water partition coefficient (Wildman–Crippen LogP) is 5.65. The van der Waals surface area contributed by atoms with Crippen molar-refractivity contribution < 1.29 is 0 Å². The zero-order chi connectivity index (χ0) is 12.8. The monoisotopic (exact) mass is 306 g/mol. The van der Waals surface area contributed by atoms with E-state index in [9.17, 15) is 0 Å². The number of halogens is 4. The normalized spacial score (nSPS) is 18.2. The van der Waals surface area contributed by atoms with Crippen LogP contribution < -0.4 is 0 Å². The molecule has 0 aliphatic heterocycles. The van der Waals surface area contributed by atoms with Gasteiger partial charge >= 0.3 is 0 Å². The first-order valence-corrected chi connectivity index (χ1v) is 7.57. The molecule has 98 valence electrons. The summed E-state index contributed by atoms with van der Waals surface area (Å²) >= 11 is 24.2. The van der Waals surface area contributed by atoms with E-state index in [2.05, 4.69) is 20.8 Å². The molecular weight excluding hydrogens is 286 g/mol. The van der Waals surface area contributed by atoms with Crippen molar-refractivity contribution in [2.75, 3.05) is 5.88 Å². The molecule has 0 rings (SSSR count). The molecule has 0 radical (unpaired) electrons. The summed E-state index contributed by atoms with van der Waals surface area (Å²) in [5.74, 6) is 0.587. The van der Waals surface area contributed by atoms with Crippen LogP contribution in [-0.4, -0.2) is 22.0 Å². The van der Waals surface area contributed by atoms with Gasteiger partial charge in [-0.05, 0) is 31.1 Å². The van der Waals surface area contributed by atoms with Crippen LogP contribution in [0.3, 0.4) is 0 Å². The molecule has 0 nitrogen and oxygen atoms in total. The minimum atomic E-state index is 0.0515. The molecule has 0 N–H and O–H groups in total. The highest BCUT2D eigenvalue weighted by molar-refractivity contribution is 6.25. The van der Waals surface area contributed by atoms with Gasteiger partial charge in [-0.1, -0.05) is 20.8 Å². The molecule has 3 atom stereocenters. The van der Waals surface area contributed by atoms with Crippen molar-refractivity contribution in [1.29, 1.82) is 0 Å². The van der Waals surface area contributed by atoms with Crippen molar-refractivity contribution >= 4 is 46.4 Å². The van der Waals surface area contributed by atoms with Crippen LogP contribution in [-0.2, 0) is 0 Å². The lowest BCUT2D eigenvalue weighted by Gasteiger charge is -2.23. The van der Waals surface area contributed by atoms with Crippen molar-refractivity contribution in [2.24, 2.45) is 5.41 Å². The summed E-state index contributed by atoms with van der Waals surface area (Å²) in [4.78, 5) is 0. The van der Waals surface area contributed by atoms with Gasteiger partial charge in [0, 0.05) is 22.0 Å². The topological polar surface area (TPSA) is 0 Å². The second-order valence-electron chi connectivity index (χ2n) is 5.51. The Morgan fingerprint density at radius 2 is 1.38 bits per heavy atom. The van der Waals surface area contributed by atoms with Crippen LogP contribution in [0, 0.1) is 5.41 Å². The first-order valence-electron chi connectivity index (χ1n) is 5.72. The average molecular weight is 308 g/mol. The van der Waals surface area contributed by atoms with Crippen LogP contribution in [0.4, 0.5) is 0 Å². The fourth-order valence-corrected chi connectivity index (χ4v) is 3.63. The van der Waals surface area contributed by atoms with E-state index in [-0.39, 0.29) is 21.5 Å². The second-order valence-corrected chi connectivity index (χ2v) is 7.74. The van der Waals surface area contributed by atoms with Gasteiger partial charge in [-0.2, -0.15) is 0 Å². The van der Waals surface area contributed by atoms with Crippen LogP contribution in [0.2, 0.25) is 0 Å². The van der Waals surface area contributed by atoms with E-state index in [1.54, 1.807) is 0 Å². The summed E-state index contributed by atoms with van der Waals surface area (Å²) in [6.07, 6.45) is 3.37. The molecule has 0 saturated heterocycles. The largest absolute Gasteiger partial charge is 0.127 e. The third-order valence-corrected chi connectivity index (χ3v) is 3.58. The maximum atomic E-state index is 6.27. The Morgan fingerprint density at radius 1 is 0.875 bits per heavy atom. The molecule has 0 bridgehead atoms. The molecule has 0 aromatic carbocycles. The van der Waals surface area contributed by atoms with Gasteiger partial charge in [0.15, 0.2) is 0 Å². The summed E-state index contributed by atoms with van der Waals surface area (Å²) in [5.41, 5.74) is 0.250. The number of alkyl halides is 4. The van der Waals surface area contributed by atoms with E-state index in [4.69, 9.17) is 46.4 Å². The van der Waals surface area contributed by atoms with Gasteiger partial charge in [0.25, 0.3) is 0 Å². The lowest BCUT2D eigenvalue weighted by atomic mass is 9.89. The molecule has 0 saturated carbocycles. The molecule has 0 aromatic heterocycles. The Kier molecular flexibility index (Phi) is 8.90. The SMILES string of the molecule is CC(C)(C)CC(Cl)CC(Cl)CC(Cl)CCCl. The van der Waals surface area contributed by atoms with Crippen LogP contribution in [0.1, 0.15) is 46.5 Å². The van der Waals surface area contributed by atoms with Crippen LogP contribution in [0.5, 0.6) is 0 Å². The van der Waals surface area contributed by atoms with Crippen LogP contribution in [0.25, 0.3) is 0 Å². The van der Waals surface area contributed by atoms with Crippen molar-refractivity contribution in [3.63, 3.8) is 0 Å². The van der Waals surface area contributed by atoms with Gasteiger partial charge in [-0.3, -0.25) is 0 Å². The fourth-order valence-electron chi connectivity index (χ4n) is 1.64. The standard InChI is InChI=1S/C12H22Cl4/c1-12(2,3)8-11(16)7-10(15)6-9(14)4-5-13/h9-11H,4-8H2,1-3H3. The highest BCUT2D eigenvalue weighted by atomic mass is 35.5. The Labute approximate surface area is 120 Å². The molecule has 0 spiro atoms. The summed E-state index contributed by atoms with van der Waals surface area (Å²) in [6, 6.07) is 0. The van der Waals surface area contributed by atoms with Gasteiger partial charge in [-0.25, -0.2) is 0 Å². The molecule has 0 fully saturated rings. The van der Waals surface area contributed by atoms with Crippen molar-refractivity contribution in [2.45, 2.75) is 62.6 Å². The van der Waals surface area contributed by atoms with E-state index in [0.717, 1.165) is 25.7 Å². The second kappa shape index (κ2) is 8.29. The third-order valence-electron chi connectivity index (χ3n) is 2.28. The summed E-state index contributed by atoms with van der Waals surface area (Å²) in [7, 11) is 0. The average Bonchev–Trinajstić information content (AvgIpc) is 1.98. The van der Waals surface area contributed by atoms with Crippen molar-refractivity contribution in [1.82, 2.24) is 0 Å². The van der Waals surface area contributed by atoms with Gasteiger partial charge in [0.05, 0.1) is 0 Å². The quantitative estimate of drug-likeness (QED) is 0.533. The van der Waals surface area contributed by atoms with Crippen molar-refractivity contribution in [3.8, 4) is 0 Å². The Bertz CT molecular complexity index is 176. The molecule has 4 heteroatoms. The van der Waals surface area contributed by atoms with Crippen molar-refractivity contribution in [3.05, 3.63) is 0 Å². The molecule has 0 amide bonds. The number of hydrogen-bond donors (Lipinski definition) is 0. The van der Waals surface area contributed by atoms with E-state index < -0.39 is 0 Å². The number of rotatable bonds is 7. The minimum Gasteiger partial charge on any atom is -0.127 e. The third kappa shape index (κ3) is 10.3. The Balaban J connectivity index is 3.82. The maximum absolute atomic E-state index is 6.27. The molecule has 16 heavy (non-hydrogen) atoms. The van der Waals surface area contributed by atoms with E-state index >= 15 is 0 Å². The Morgan fingerprint density at radius 3 is 1.81 bits per heavy atom. The van der Waals surface area contributed by atoms with E-state index in [0.29, 0.717) is 5.88 Å². The predicted molar refractivity (Wildman–Crippen MR) is 77.6 cm³/mol. The highest BCUT2D eigenvalue weighted by Crippen LogP contribution is 2.28. The van der Waals surface area contributed by atoms with E-state index in [1.807, 2.05) is 0 Å². The fraction of sp³-hybridized carbons (Fsp3) is 1.00. The first kappa shape index (κ1) is 17.2. The summed E-state index contributed by atoms with van der Waals surface area (Å²) in [5, 5.41) is 0.247. The Hall–Kier alpha value is 1.16. The maximum Gasteiger partial charge on any atom is 0.0364 e. The highest BCUT2D eigenvalue weighted by Gasteiger charge is 2.21. The zero-order valence-corrected chi connectivity index (χ0v) is 13.3. The summed E-state index contributed by atoms with van der Waals surface area (Å²) < 4.78 is 0. The van der Waals surface area contributed by atoms with Gasteiger partial charge in [0.1, 0.15) is 0 Å². The van der Waals surface area contributed by atoms with Gasteiger partial charge in [-0.15, -0.1) is 46.4 Å². The minimum absolute atomic E-state index is 0.0515. The number of hydrogen-bond acceptors (Lipinski definition) is 0. The molecule has 0 aromatic rings. The van der Waals surface area contributed by atoms with Crippen LogP contribution >= 0.6 is 46.4 Å². The summed E-state index contributed by atoms with van der Waals surface area (Å²) in [6.45, 7) is 6.55. The lowest BCUT2D eigenvalue weighted by Crippen LogP contribution is -2.19. The molecule has 3 unspecified atom stereocenters. The van der Waals surface area contributed by atoms with Gasteiger partial charge < -0.3 is 0 Å². The molecular formula is C12H22Cl4. The smallest absolute Gasteiger partial charge is 0.0364 e. The molecule has 0 heterocycles. The van der Waals surface area contributed by atoms with Gasteiger partial charge in [0.2, 0.25) is 0 Å². The molecule has 0 aliphatic carbocycles. The molecule has 0 aliphatic rings. The lowest BCUT2D eigenvalue weighted by molar-refractivity contribution is 0.361.